The molecule has 220 valence electrons. The number of pyridine rings is 1. The predicted octanol–water partition coefficient (Wildman–Crippen LogP) is 3.49. The van der Waals surface area contributed by atoms with Crippen LogP contribution in [0.25, 0.3) is 16.8 Å². The molecule has 5 N–H and O–H groups in total. The minimum absolute atomic E-state index is 0.0461. The highest BCUT2D eigenvalue weighted by molar-refractivity contribution is 5.79. The first kappa shape index (κ1) is 28.1. The van der Waals surface area contributed by atoms with Gasteiger partial charge in [0.1, 0.15) is 18.0 Å². The van der Waals surface area contributed by atoms with Crippen LogP contribution < -0.4 is 5.73 Å². The van der Waals surface area contributed by atoms with Gasteiger partial charge >= 0.3 is 0 Å². The zero-order chi connectivity index (χ0) is 28.7. The third-order valence-corrected chi connectivity index (χ3v) is 9.83. The van der Waals surface area contributed by atoms with Crippen LogP contribution in [-0.4, -0.2) is 71.5 Å². The first-order valence-corrected chi connectivity index (χ1v) is 15.2. The van der Waals surface area contributed by atoms with Crippen LogP contribution in [0, 0.1) is 5.92 Å². The normalized spacial score (nSPS) is 24.3. The van der Waals surface area contributed by atoms with E-state index in [1.54, 1.807) is 16.9 Å². The van der Waals surface area contributed by atoms with Gasteiger partial charge in [0.2, 0.25) is 5.91 Å². The number of nitrogens with zero attached hydrogens (tertiary/aromatic N) is 5. The number of anilines is 1. The Hall–Kier alpha value is -3.08. The number of fused-ring (bicyclic) bond motifs is 5. The van der Waals surface area contributed by atoms with E-state index in [1.807, 2.05) is 17.0 Å². The standard InChI is InChI=1S/C31H42N6O4/c1-2-4-20(9-12-38)27-28(22-13-19-5-7-23(14-22)36(17-19)26(40)18-39)35-30-24(16-34-37(30)29(27)32)21-6-8-25(33-15-21)31(41)10-3-11-31/h6,8,15-16,19-20,22-23,38-39,41H,2-5,7,9-14,17-18,32H2,1H3. The Balaban J connectivity index is 1.45. The first-order valence-electron chi connectivity index (χ1n) is 15.2. The molecule has 3 aromatic rings. The Kier molecular flexibility index (Phi) is 7.74. The summed E-state index contributed by atoms with van der Waals surface area (Å²) in [6.07, 6.45) is 12.1. The van der Waals surface area contributed by atoms with Crippen molar-refractivity contribution in [2.24, 2.45) is 5.92 Å². The Morgan fingerprint density at radius 2 is 2.00 bits per heavy atom. The van der Waals surface area contributed by atoms with Crippen LogP contribution in [0.2, 0.25) is 0 Å². The van der Waals surface area contributed by atoms with Crippen molar-refractivity contribution >= 4 is 17.4 Å². The number of amides is 1. The van der Waals surface area contributed by atoms with Crippen molar-refractivity contribution in [3.8, 4) is 11.1 Å². The maximum absolute atomic E-state index is 12.6. The van der Waals surface area contributed by atoms with E-state index in [0.717, 1.165) is 80.2 Å². The van der Waals surface area contributed by atoms with Gasteiger partial charge in [-0.3, -0.25) is 9.78 Å². The molecule has 4 aliphatic rings. The van der Waals surface area contributed by atoms with Crippen molar-refractivity contribution in [2.45, 2.75) is 94.6 Å². The second kappa shape index (κ2) is 11.3. The summed E-state index contributed by atoms with van der Waals surface area (Å²) in [6, 6.07) is 3.92. The highest BCUT2D eigenvalue weighted by Gasteiger charge is 2.41. The van der Waals surface area contributed by atoms with Gasteiger partial charge in [-0.2, -0.15) is 9.61 Å². The second-order valence-electron chi connectivity index (χ2n) is 12.4. The van der Waals surface area contributed by atoms with Gasteiger partial charge in [0.15, 0.2) is 5.65 Å². The van der Waals surface area contributed by atoms with Crippen molar-refractivity contribution in [3.05, 3.63) is 41.5 Å². The van der Waals surface area contributed by atoms with Gasteiger partial charge in [0, 0.05) is 48.0 Å². The molecule has 0 aromatic carbocycles. The molecule has 0 radical (unpaired) electrons. The number of nitrogen functional groups attached to an aromatic ring is 1. The number of aromatic nitrogens is 4. The quantitative estimate of drug-likeness (QED) is 0.310. The fourth-order valence-electron chi connectivity index (χ4n) is 7.50. The summed E-state index contributed by atoms with van der Waals surface area (Å²) < 4.78 is 1.72. The lowest BCUT2D eigenvalue weighted by Gasteiger charge is -2.36. The van der Waals surface area contributed by atoms with Crippen molar-refractivity contribution in [1.82, 2.24) is 24.5 Å². The molecule has 3 aromatic heterocycles. The molecule has 10 heteroatoms. The number of carbonyl (C=O) groups is 1. The van der Waals surface area contributed by atoms with Crippen LogP contribution in [0.1, 0.15) is 99.9 Å². The summed E-state index contributed by atoms with van der Waals surface area (Å²) in [5, 5.41) is 35.0. The lowest BCUT2D eigenvalue weighted by atomic mass is 9.77. The zero-order valence-corrected chi connectivity index (χ0v) is 23.9. The average molecular weight is 563 g/mol. The second-order valence-corrected chi connectivity index (χ2v) is 12.4. The summed E-state index contributed by atoms with van der Waals surface area (Å²) in [5.41, 5.74) is 11.1. The molecule has 4 unspecified atom stereocenters. The summed E-state index contributed by atoms with van der Waals surface area (Å²) >= 11 is 0. The van der Waals surface area contributed by atoms with Crippen LogP contribution in [-0.2, 0) is 10.4 Å². The number of rotatable bonds is 9. The van der Waals surface area contributed by atoms with Gasteiger partial charge in [-0.15, -0.1) is 0 Å². The maximum atomic E-state index is 12.6. The lowest BCUT2D eigenvalue weighted by molar-refractivity contribution is -0.138. The van der Waals surface area contributed by atoms with E-state index in [-0.39, 0.29) is 30.4 Å². The van der Waals surface area contributed by atoms with Gasteiger partial charge in [0.25, 0.3) is 0 Å². The topological polar surface area (TPSA) is 150 Å². The number of hydrogen-bond donors (Lipinski definition) is 4. The van der Waals surface area contributed by atoms with Gasteiger partial charge in [0.05, 0.1) is 17.6 Å². The number of aliphatic hydroxyl groups is 3. The molecule has 4 atom stereocenters. The molecule has 0 spiro atoms. The largest absolute Gasteiger partial charge is 0.396 e. The lowest BCUT2D eigenvalue weighted by Crippen LogP contribution is -2.46. The molecule has 10 nitrogen and oxygen atoms in total. The SMILES string of the molecule is CCCC(CCO)c1c(C2CC3CCC(C2)N(C(=O)CO)C3)nc2c(-c3ccc(C4(O)CCC4)nc3)cnn2c1N. The molecular formula is C31H42N6O4. The highest BCUT2D eigenvalue weighted by Crippen LogP contribution is 2.46. The summed E-state index contributed by atoms with van der Waals surface area (Å²) in [4.78, 5) is 24.4. The smallest absolute Gasteiger partial charge is 0.248 e. The van der Waals surface area contributed by atoms with Gasteiger partial charge in [-0.05, 0) is 75.7 Å². The van der Waals surface area contributed by atoms with E-state index in [9.17, 15) is 20.1 Å². The number of aliphatic hydroxyl groups excluding tert-OH is 2. The Morgan fingerprint density at radius 1 is 1.17 bits per heavy atom. The third-order valence-electron chi connectivity index (χ3n) is 9.83. The minimum Gasteiger partial charge on any atom is -0.396 e. The molecule has 2 aliphatic heterocycles. The summed E-state index contributed by atoms with van der Waals surface area (Å²) in [6.45, 7) is 2.41. The molecule has 2 aliphatic carbocycles. The minimum atomic E-state index is -0.824. The van der Waals surface area contributed by atoms with E-state index >= 15 is 0 Å². The monoisotopic (exact) mass is 562 g/mol. The van der Waals surface area contributed by atoms with Crippen molar-refractivity contribution in [2.75, 3.05) is 25.5 Å². The fraction of sp³-hybridized carbons (Fsp3) is 0.613. The Morgan fingerprint density at radius 3 is 2.66 bits per heavy atom. The fourth-order valence-corrected chi connectivity index (χ4v) is 7.50. The third kappa shape index (κ3) is 5.00. The highest BCUT2D eigenvalue weighted by atomic mass is 16.3. The maximum Gasteiger partial charge on any atom is 0.248 e. The molecule has 2 saturated heterocycles. The van der Waals surface area contributed by atoms with E-state index in [4.69, 9.17) is 10.7 Å². The molecular weight excluding hydrogens is 520 g/mol. The van der Waals surface area contributed by atoms with Gasteiger partial charge < -0.3 is 26.0 Å². The Labute approximate surface area is 240 Å². The van der Waals surface area contributed by atoms with E-state index in [0.29, 0.717) is 36.0 Å². The van der Waals surface area contributed by atoms with Gasteiger partial charge in [-0.25, -0.2) is 4.98 Å². The molecule has 41 heavy (non-hydrogen) atoms. The zero-order valence-electron chi connectivity index (χ0n) is 23.9. The molecule has 2 bridgehead atoms. The Bertz CT molecular complexity index is 1400. The van der Waals surface area contributed by atoms with Crippen LogP contribution in [0.5, 0.6) is 0 Å². The van der Waals surface area contributed by atoms with Crippen LogP contribution >= 0.6 is 0 Å². The number of nitrogens with two attached hydrogens (primary N) is 1. The molecule has 5 heterocycles. The van der Waals surface area contributed by atoms with E-state index in [2.05, 4.69) is 17.0 Å². The van der Waals surface area contributed by atoms with Gasteiger partial charge in [-0.1, -0.05) is 19.4 Å². The summed E-state index contributed by atoms with van der Waals surface area (Å²) in [7, 11) is 0. The van der Waals surface area contributed by atoms with Crippen molar-refractivity contribution in [1.29, 1.82) is 0 Å². The number of carbonyl (C=O) groups excluding carboxylic acids is 1. The number of hydrogen-bond acceptors (Lipinski definition) is 8. The van der Waals surface area contributed by atoms with Crippen molar-refractivity contribution in [3.63, 3.8) is 0 Å². The summed E-state index contributed by atoms with van der Waals surface area (Å²) in [5.74, 6) is 0.831. The van der Waals surface area contributed by atoms with Crippen LogP contribution in [0.3, 0.4) is 0 Å². The average Bonchev–Trinajstić information content (AvgIpc) is 3.18. The molecule has 4 fully saturated rings. The number of piperidine rings is 1. The van der Waals surface area contributed by atoms with Crippen molar-refractivity contribution < 1.29 is 20.1 Å². The first-order chi connectivity index (χ1) is 19.9. The molecule has 7 rings (SSSR count). The molecule has 2 saturated carbocycles. The predicted molar refractivity (Wildman–Crippen MR) is 155 cm³/mol. The van der Waals surface area contributed by atoms with E-state index < -0.39 is 12.2 Å². The van der Waals surface area contributed by atoms with Crippen LogP contribution in [0.4, 0.5) is 5.82 Å². The van der Waals surface area contributed by atoms with E-state index in [1.165, 1.54) is 0 Å². The molecule has 1 amide bonds. The van der Waals surface area contributed by atoms with Crippen LogP contribution in [0.15, 0.2) is 24.5 Å².